The fourth-order valence-electron chi connectivity index (χ4n) is 5.68. The van der Waals surface area contributed by atoms with Crippen LogP contribution in [0.1, 0.15) is 65.3 Å². The molecule has 0 bridgehead atoms. The number of hydrogen-bond acceptors (Lipinski definition) is 5. The highest BCUT2D eigenvalue weighted by molar-refractivity contribution is 6.31. The van der Waals surface area contributed by atoms with Crippen LogP contribution in [0.4, 0.5) is 5.69 Å². The maximum absolute atomic E-state index is 13.3. The maximum Gasteiger partial charge on any atom is 0.274 e. The van der Waals surface area contributed by atoms with E-state index in [1.165, 1.54) is 12.8 Å². The first-order chi connectivity index (χ1) is 16.7. The molecular weight excluding hydrogens is 462 g/mol. The molecule has 4 rings (SSSR count). The number of pyridine rings is 1. The highest BCUT2D eigenvalue weighted by atomic mass is 35.5. The molecule has 7 nitrogen and oxygen atoms in total. The van der Waals surface area contributed by atoms with E-state index in [2.05, 4.69) is 41.6 Å². The van der Waals surface area contributed by atoms with E-state index in [1.807, 2.05) is 26.0 Å². The van der Waals surface area contributed by atoms with Crippen LogP contribution in [-0.2, 0) is 13.0 Å². The molecule has 2 aliphatic rings. The number of hydrogen-bond donors (Lipinski definition) is 2. The number of amides is 1. The number of aryl methyl sites for hydroxylation is 1. The number of carbonyl (C=O) groups excluding carboxylic acids is 1. The number of halogens is 1. The standard InChI is InChI=1S/C27H38ClN5O2/c1-6-32(21-9-7-20(8-10-21)31(4)5)25-15-19(28)14-23(18(25)3)26(34)29-16-24-17(2)13-22-11-12-30-33(22)27(24)35/h13-15,20-21,30H,6-12,16H2,1-5H3,(H,29,34). The number of nitrogens with zero attached hydrogens (tertiary/aromatic N) is 3. The Morgan fingerprint density at radius 1 is 1.14 bits per heavy atom. The lowest BCUT2D eigenvalue weighted by Crippen LogP contribution is -2.42. The van der Waals surface area contributed by atoms with E-state index >= 15 is 0 Å². The molecule has 1 aliphatic heterocycles. The van der Waals surface area contributed by atoms with E-state index in [0.717, 1.165) is 54.9 Å². The SMILES string of the molecule is CCN(c1cc(Cl)cc(C(=O)NCc2c(C)cc3n(c2=O)NCC3)c1C)C1CCC(N(C)C)CC1. The average Bonchev–Trinajstić information content (AvgIpc) is 3.30. The number of nitrogens with one attached hydrogen (secondary N) is 2. The summed E-state index contributed by atoms with van der Waals surface area (Å²) in [6, 6.07) is 6.81. The maximum atomic E-state index is 13.3. The van der Waals surface area contributed by atoms with Crippen molar-refractivity contribution in [3.05, 3.63) is 61.5 Å². The summed E-state index contributed by atoms with van der Waals surface area (Å²) >= 11 is 6.53. The van der Waals surface area contributed by atoms with E-state index in [1.54, 1.807) is 10.7 Å². The minimum atomic E-state index is -0.212. The molecular formula is C27H38ClN5O2. The zero-order valence-corrected chi connectivity index (χ0v) is 22.3. The molecule has 1 aromatic carbocycles. The van der Waals surface area contributed by atoms with Gasteiger partial charge in [0.2, 0.25) is 0 Å². The molecule has 0 atom stereocenters. The molecule has 190 valence electrons. The van der Waals surface area contributed by atoms with Gasteiger partial charge in [0, 0.05) is 65.7 Å². The van der Waals surface area contributed by atoms with Gasteiger partial charge in [0.1, 0.15) is 0 Å². The molecule has 1 saturated carbocycles. The first-order valence-electron chi connectivity index (χ1n) is 12.7. The van der Waals surface area contributed by atoms with Crippen molar-refractivity contribution < 1.29 is 4.79 Å². The van der Waals surface area contributed by atoms with Crippen LogP contribution in [0.2, 0.25) is 5.02 Å². The molecule has 1 amide bonds. The van der Waals surface area contributed by atoms with Crippen LogP contribution in [0.25, 0.3) is 0 Å². The van der Waals surface area contributed by atoms with E-state index in [0.29, 0.717) is 28.2 Å². The summed E-state index contributed by atoms with van der Waals surface area (Å²) in [5.74, 6) is -0.212. The number of benzene rings is 1. The van der Waals surface area contributed by atoms with Crippen LogP contribution in [0, 0.1) is 13.8 Å². The topological polar surface area (TPSA) is 69.6 Å². The third-order valence-corrected chi connectivity index (χ3v) is 7.98. The largest absolute Gasteiger partial charge is 0.369 e. The third kappa shape index (κ3) is 5.21. The van der Waals surface area contributed by atoms with Crippen molar-refractivity contribution in [3.8, 4) is 0 Å². The first kappa shape index (κ1) is 25.6. The van der Waals surface area contributed by atoms with Crippen LogP contribution in [-0.4, -0.2) is 54.8 Å². The smallest absolute Gasteiger partial charge is 0.274 e. The fraction of sp³-hybridized carbons (Fsp3) is 0.556. The molecule has 1 aromatic heterocycles. The minimum Gasteiger partial charge on any atom is -0.369 e. The predicted molar refractivity (Wildman–Crippen MR) is 143 cm³/mol. The van der Waals surface area contributed by atoms with Crippen molar-refractivity contribution in [2.75, 3.05) is 37.5 Å². The van der Waals surface area contributed by atoms with Crippen molar-refractivity contribution in [2.45, 2.75) is 71.5 Å². The van der Waals surface area contributed by atoms with Gasteiger partial charge in [-0.1, -0.05) is 11.6 Å². The van der Waals surface area contributed by atoms with Crippen molar-refractivity contribution in [1.29, 1.82) is 0 Å². The molecule has 8 heteroatoms. The number of aromatic nitrogens is 1. The second-order valence-electron chi connectivity index (χ2n) is 10.1. The lowest BCUT2D eigenvalue weighted by atomic mass is 9.89. The Morgan fingerprint density at radius 3 is 2.49 bits per heavy atom. The lowest BCUT2D eigenvalue weighted by Gasteiger charge is -2.40. The van der Waals surface area contributed by atoms with Crippen LogP contribution >= 0.6 is 11.6 Å². The van der Waals surface area contributed by atoms with Gasteiger partial charge in [0.25, 0.3) is 11.5 Å². The quantitative estimate of drug-likeness (QED) is 0.605. The molecule has 1 aliphatic carbocycles. The van der Waals surface area contributed by atoms with E-state index in [4.69, 9.17) is 11.6 Å². The molecule has 2 aromatic rings. The number of carbonyl (C=O) groups is 1. The zero-order chi connectivity index (χ0) is 25.3. The Bertz CT molecular complexity index is 1150. The second kappa shape index (κ2) is 10.6. The minimum absolute atomic E-state index is 0.0909. The molecule has 0 saturated heterocycles. The van der Waals surface area contributed by atoms with Crippen LogP contribution in [0.3, 0.4) is 0 Å². The number of fused-ring (bicyclic) bond motifs is 1. The summed E-state index contributed by atoms with van der Waals surface area (Å²) in [7, 11) is 4.31. The van der Waals surface area contributed by atoms with Crippen LogP contribution in [0.15, 0.2) is 23.0 Å². The van der Waals surface area contributed by atoms with Crippen LogP contribution in [0.5, 0.6) is 0 Å². The normalized spacial score (nSPS) is 19.4. The fourth-order valence-corrected chi connectivity index (χ4v) is 5.89. The second-order valence-corrected chi connectivity index (χ2v) is 10.5. The summed E-state index contributed by atoms with van der Waals surface area (Å²) in [6.45, 7) is 7.87. The van der Waals surface area contributed by atoms with E-state index in [9.17, 15) is 9.59 Å². The predicted octanol–water partition coefficient (Wildman–Crippen LogP) is 3.85. The third-order valence-electron chi connectivity index (χ3n) is 7.76. The molecule has 0 spiro atoms. The molecule has 0 radical (unpaired) electrons. The summed E-state index contributed by atoms with van der Waals surface area (Å²) in [6.07, 6.45) is 5.43. The summed E-state index contributed by atoms with van der Waals surface area (Å²) in [5, 5.41) is 3.53. The lowest BCUT2D eigenvalue weighted by molar-refractivity contribution is 0.0950. The number of anilines is 1. The van der Waals surface area contributed by atoms with Gasteiger partial charge >= 0.3 is 0 Å². The Kier molecular flexibility index (Phi) is 7.77. The van der Waals surface area contributed by atoms with Crippen LogP contribution < -0.4 is 21.2 Å². The van der Waals surface area contributed by atoms with Crippen molar-refractivity contribution in [3.63, 3.8) is 0 Å². The van der Waals surface area contributed by atoms with E-state index < -0.39 is 0 Å². The van der Waals surface area contributed by atoms with Crippen molar-refractivity contribution >= 4 is 23.2 Å². The Labute approximate surface area is 213 Å². The average molecular weight is 500 g/mol. The first-order valence-corrected chi connectivity index (χ1v) is 13.1. The van der Waals surface area contributed by atoms with Gasteiger partial charge in [-0.05, 0) is 89.9 Å². The monoisotopic (exact) mass is 499 g/mol. The molecule has 0 unspecified atom stereocenters. The van der Waals surface area contributed by atoms with Gasteiger partial charge in [-0.25, -0.2) is 4.68 Å². The molecule has 2 heterocycles. The Morgan fingerprint density at radius 2 is 1.83 bits per heavy atom. The van der Waals surface area contributed by atoms with Gasteiger partial charge in [-0.2, -0.15) is 0 Å². The van der Waals surface area contributed by atoms with Gasteiger partial charge in [-0.15, -0.1) is 0 Å². The molecule has 1 fully saturated rings. The summed E-state index contributed by atoms with van der Waals surface area (Å²) < 4.78 is 1.60. The summed E-state index contributed by atoms with van der Waals surface area (Å²) in [5.41, 5.74) is 8.01. The number of rotatable bonds is 7. The van der Waals surface area contributed by atoms with Crippen molar-refractivity contribution in [2.24, 2.45) is 0 Å². The van der Waals surface area contributed by atoms with Gasteiger partial charge < -0.3 is 20.5 Å². The van der Waals surface area contributed by atoms with Gasteiger partial charge in [0.15, 0.2) is 0 Å². The summed E-state index contributed by atoms with van der Waals surface area (Å²) in [4.78, 5) is 30.9. The van der Waals surface area contributed by atoms with E-state index in [-0.39, 0.29) is 18.0 Å². The van der Waals surface area contributed by atoms with Gasteiger partial charge in [-0.3, -0.25) is 9.59 Å². The van der Waals surface area contributed by atoms with Gasteiger partial charge in [0.05, 0.1) is 0 Å². The zero-order valence-electron chi connectivity index (χ0n) is 21.6. The molecule has 2 N–H and O–H groups in total. The van der Waals surface area contributed by atoms with Crippen molar-refractivity contribution in [1.82, 2.24) is 14.9 Å². The highest BCUT2D eigenvalue weighted by Crippen LogP contribution is 2.34. The highest BCUT2D eigenvalue weighted by Gasteiger charge is 2.28. The Hall–Kier alpha value is -2.51. The molecule has 35 heavy (non-hydrogen) atoms. The Balaban J connectivity index is 1.54.